The second-order valence-electron chi connectivity index (χ2n) is 4.94. The van der Waals surface area contributed by atoms with Gasteiger partial charge in [0.1, 0.15) is 6.04 Å². The number of amides is 1. The molecule has 1 amide bonds. The molecule has 0 aliphatic rings. The number of rotatable bonds is 5. The van der Waals surface area contributed by atoms with Crippen LogP contribution in [0.15, 0.2) is 30.3 Å². The molecular formula is C15H21NO3. The second kappa shape index (κ2) is 6.36. The van der Waals surface area contributed by atoms with Crippen LogP contribution in [-0.2, 0) is 19.7 Å². The molecule has 1 atom stereocenters. The summed E-state index contributed by atoms with van der Waals surface area (Å²) in [5, 5.41) is 2.69. The van der Waals surface area contributed by atoms with Crippen molar-refractivity contribution in [2.45, 2.75) is 39.2 Å². The molecule has 0 saturated heterocycles. The van der Waals surface area contributed by atoms with Gasteiger partial charge in [-0.1, -0.05) is 30.3 Å². The molecular weight excluding hydrogens is 242 g/mol. The number of benzene rings is 1. The predicted octanol–water partition coefficient (Wildman–Crippen LogP) is 2.03. The highest BCUT2D eigenvalue weighted by Crippen LogP contribution is 2.23. The lowest BCUT2D eigenvalue weighted by Crippen LogP contribution is -2.47. The van der Waals surface area contributed by atoms with Crippen LogP contribution in [0.3, 0.4) is 0 Å². The van der Waals surface area contributed by atoms with E-state index in [9.17, 15) is 9.59 Å². The summed E-state index contributed by atoms with van der Waals surface area (Å²) in [4.78, 5) is 23.8. The first-order valence-electron chi connectivity index (χ1n) is 6.42. The Kier molecular flexibility index (Phi) is 5.10. The lowest BCUT2D eigenvalue weighted by molar-refractivity contribution is -0.147. The van der Waals surface area contributed by atoms with Crippen LogP contribution in [0.4, 0.5) is 0 Å². The van der Waals surface area contributed by atoms with Gasteiger partial charge in [0.2, 0.25) is 5.91 Å². The summed E-state index contributed by atoms with van der Waals surface area (Å²) in [6.45, 7) is 7.32. The molecule has 0 radical (unpaired) electrons. The summed E-state index contributed by atoms with van der Waals surface area (Å²) in [5.41, 5.74) is 0.214. The van der Waals surface area contributed by atoms with Gasteiger partial charge in [-0.15, -0.1) is 0 Å². The maximum atomic E-state index is 12.3. The number of ether oxygens (including phenoxy) is 1. The molecule has 4 nitrogen and oxygen atoms in total. The standard InChI is InChI=1S/C15H21NO3/c1-5-19-13(17)11(2)16-14(18)15(3,4)12-9-7-6-8-10-12/h6-11H,5H2,1-4H3,(H,16,18). The van der Waals surface area contributed by atoms with E-state index in [2.05, 4.69) is 5.32 Å². The quantitative estimate of drug-likeness (QED) is 0.827. The Balaban J connectivity index is 2.75. The van der Waals surface area contributed by atoms with Crippen LogP contribution >= 0.6 is 0 Å². The smallest absolute Gasteiger partial charge is 0.328 e. The van der Waals surface area contributed by atoms with Crippen molar-refractivity contribution in [1.29, 1.82) is 0 Å². The molecule has 0 saturated carbocycles. The minimum absolute atomic E-state index is 0.195. The lowest BCUT2D eigenvalue weighted by Gasteiger charge is -2.25. The van der Waals surface area contributed by atoms with Gasteiger partial charge in [0.25, 0.3) is 0 Å². The van der Waals surface area contributed by atoms with E-state index in [0.29, 0.717) is 6.61 Å². The third-order valence-electron chi connectivity index (χ3n) is 3.05. The summed E-state index contributed by atoms with van der Waals surface area (Å²) in [5.74, 6) is -0.612. The van der Waals surface area contributed by atoms with Crippen molar-refractivity contribution < 1.29 is 14.3 Å². The van der Waals surface area contributed by atoms with Crippen LogP contribution in [0.5, 0.6) is 0 Å². The molecule has 19 heavy (non-hydrogen) atoms. The Hall–Kier alpha value is -1.84. The van der Waals surface area contributed by atoms with Gasteiger partial charge in [0.05, 0.1) is 12.0 Å². The Morgan fingerprint density at radius 2 is 1.84 bits per heavy atom. The van der Waals surface area contributed by atoms with Gasteiger partial charge in [0.15, 0.2) is 0 Å². The van der Waals surface area contributed by atoms with Crippen molar-refractivity contribution in [3.63, 3.8) is 0 Å². The molecule has 4 heteroatoms. The van der Waals surface area contributed by atoms with Gasteiger partial charge < -0.3 is 10.1 Å². The first kappa shape index (κ1) is 15.2. The van der Waals surface area contributed by atoms with Crippen LogP contribution in [0.2, 0.25) is 0 Å². The van der Waals surface area contributed by atoms with E-state index < -0.39 is 17.4 Å². The van der Waals surface area contributed by atoms with E-state index in [1.807, 2.05) is 44.2 Å². The monoisotopic (exact) mass is 263 g/mol. The normalized spacial score (nSPS) is 12.6. The molecule has 0 aliphatic carbocycles. The van der Waals surface area contributed by atoms with Gasteiger partial charge in [-0.3, -0.25) is 4.79 Å². The minimum atomic E-state index is -0.692. The Morgan fingerprint density at radius 3 is 2.37 bits per heavy atom. The number of hydrogen-bond acceptors (Lipinski definition) is 3. The van der Waals surface area contributed by atoms with E-state index in [1.54, 1.807) is 13.8 Å². The number of hydrogen-bond donors (Lipinski definition) is 1. The fourth-order valence-corrected chi connectivity index (χ4v) is 1.69. The van der Waals surface area contributed by atoms with Gasteiger partial charge in [-0.2, -0.15) is 0 Å². The molecule has 1 aromatic carbocycles. The maximum absolute atomic E-state index is 12.3. The van der Waals surface area contributed by atoms with E-state index in [-0.39, 0.29) is 5.91 Å². The third-order valence-corrected chi connectivity index (χ3v) is 3.05. The number of carbonyl (C=O) groups excluding carboxylic acids is 2. The molecule has 0 aliphatic heterocycles. The van der Waals surface area contributed by atoms with Gasteiger partial charge in [-0.25, -0.2) is 4.79 Å². The summed E-state index contributed by atoms with van der Waals surface area (Å²) in [7, 11) is 0. The molecule has 0 aromatic heterocycles. The van der Waals surface area contributed by atoms with Crippen molar-refractivity contribution in [2.75, 3.05) is 6.61 Å². The second-order valence-corrected chi connectivity index (χ2v) is 4.94. The van der Waals surface area contributed by atoms with Crippen molar-refractivity contribution in [3.8, 4) is 0 Å². The van der Waals surface area contributed by atoms with E-state index in [4.69, 9.17) is 4.74 Å². The SMILES string of the molecule is CCOC(=O)C(C)NC(=O)C(C)(C)c1ccccc1. The highest BCUT2D eigenvalue weighted by Gasteiger charge is 2.31. The van der Waals surface area contributed by atoms with Gasteiger partial charge >= 0.3 is 5.97 Å². The first-order valence-corrected chi connectivity index (χ1v) is 6.42. The fourth-order valence-electron chi connectivity index (χ4n) is 1.69. The van der Waals surface area contributed by atoms with Gasteiger partial charge in [0, 0.05) is 0 Å². The topological polar surface area (TPSA) is 55.4 Å². The molecule has 0 spiro atoms. The molecule has 0 fully saturated rings. The molecule has 0 heterocycles. The summed E-state index contributed by atoms with van der Waals surface area (Å²) < 4.78 is 4.87. The third kappa shape index (κ3) is 3.81. The zero-order valence-corrected chi connectivity index (χ0v) is 11.9. The number of carbonyl (C=O) groups is 2. The highest BCUT2D eigenvalue weighted by atomic mass is 16.5. The lowest BCUT2D eigenvalue weighted by atomic mass is 9.83. The average Bonchev–Trinajstić information content (AvgIpc) is 2.39. The van der Waals surface area contributed by atoms with E-state index in [0.717, 1.165) is 5.56 Å². The largest absolute Gasteiger partial charge is 0.464 e. The number of esters is 1. The predicted molar refractivity (Wildman–Crippen MR) is 73.7 cm³/mol. The van der Waals surface area contributed by atoms with Crippen LogP contribution < -0.4 is 5.32 Å². The highest BCUT2D eigenvalue weighted by molar-refractivity contribution is 5.91. The summed E-state index contributed by atoms with van der Waals surface area (Å²) >= 11 is 0. The van der Waals surface area contributed by atoms with Crippen LogP contribution in [-0.4, -0.2) is 24.5 Å². The fraction of sp³-hybridized carbons (Fsp3) is 0.467. The molecule has 1 unspecified atom stereocenters. The van der Waals surface area contributed by atoms with Crippen LogP contribution in [0.25, 0.3) is 0 Å². The van der Waals surface area contributed by atoms with Crippen LogP contribution in [0.1, 0.15) is 33.3 Å². The van der Waals surface area contributed by atoms with Crippen molar-refractivity contribution in [3.05, 3.63) is 35.9 Å². The maximum Gasteiger partial charge on any atom is 0.328 e. The molecule has 104 valence electrons. The van der Waals surface area contributed by atoms with Gasteiger partial charge in [-0.05, 0) is 33.3 Å². The Bertz CT molecular complexity index is 440. The average molecular weight is 263 g/mol. The Morgan fingerprint density at radius 1 is 1.26 bits per heavy atom. The molecule has 1 N–H and O–H groups in total. The van der Waals surface area contributed by atoms with Crippen molar-refractivity contribution in [2.24, 2.45) is 0 Å². The van der Waals surface area contributed by atoms with E-state index in [1.165, 1.54) is 0 Å². The van der Waals surface area contributed by atoms with Crippen LogP contribution in [0, 0.1) is 0 Å². The zero-order valence-electron chi connectivity index (χ0n) is 11.9. The van der Waals surface area contributed by atoms with E-state index >= 15 is 0 Å². The molecule has 1 rings (SSSR count). The Labute approximate surface area is 114 Å². The first-order chi connectivity index (χ1) is 8.89. The summed E-state index contributed by atoms with van der Waals surface area (Å²) in [6, 6.07) is 8.83. The summed E-state index contributed by atoms with van der Waals surface area (Å²) in [6.07, 6.45) is 0. The van der Waals surface area contributed by atoms with Crippen molar-refractivity contribution >= 4 is 11.9 Å². The number of nitrogens with one attached hydrogen (secondary N) is 1. The minimum Gasteiger partial charge on any atom is -0.464 e. The molecule has 0 bridgehead atoms. The van der Waals surface area contributed by atoms with Crippen molar-refractivity contribution in [1.82, 2.24) is 5.32 Å². The zero-order chi connectivity index (χ0) is 14.5. The molecule has 1 aromatic rings.